The zero-order valence-corrected chi connectivity index (χ0v) is 19.9. The second-order valence-corrected chi connectivity index (χ2v) is 9.42. The van der Waals surface area contributed by atoms with Gasteiger partial charge in [0.25, 0.3) is 10.0 Å². The second-order valence-electron chi connectivity index (χ2n) is 6.96. The maximum absolute atomic E-state index is 12.8. The smallest absolute Gasteiger partial charge is 0.295 e. The number of aromatic amines is 1. The van der Waals surface area contributed by atoms with Crippen LogP contribution >= 0.6 is 15.9 Å². The summed E-state index contributed by atoms with van der Waals surface area (Å²) in [5.74, 6) is 0. The molecule has 0 saturated heterocycles. The number of nitrogens with one attached hydrogen (secondary N) is 2. The number of hydrogen-bond donors (Lipinski definition) is 2. The van der Waals surface area contributed by atoms with E-state index in [4.69, 9.17) is 4.42 Å². The molecule has 0 aliphatic heterocycles. The van der Waals surface area contributed by atoms with Crippen LogP contribution in [0.2, 0.25) is 0 Å². The number of H-pyrrole nitrogens is 1. The molecule has 0 saturated carbocycles. The lowest BCUT2D eigenvalue weighted by atomic mass is 10.1. The molecule has 0 radical (unpaired) electrons. The van der Waals surface area contributed by atoms with Crippen molar-refractivity contribution in [2.24, 2.45) is 0 Å². The van der Waals surface area contributed by atoms with E-state index in [-0.39, 0.29) is 5.09 Å². The van der Waals surface area contributed by atoms with Gasteiger partial charge in [-0.05, 0) is 60.2 Å². The van der Waals surface area contributed by atoms with E-state index in [0.29, 0.717) is 11.3 Å². The molecule has 2 N–H and O–H groups in total. The van der Waals surface area contributed by atoms with Gasteiger partial charge < -0.3 is 14.3 Å². The van der Waals surface area contributed by atoms with Crippen molar-refractivity contribution in [2.45, 2.75) is 25.4 Å². The maximum atomic E-state index is 12.8. The Bertz CT molecular complexity index is 1230. The van der Waals surface area contributed by atoms with Crippen molar-refractivity contribution in [3.05, 3.63) is 58.7 Å². The highest BCUT2D eigenvalue weighted by Gasteiger charge is 2.20. The largest absolute Gasteiger partial charge is 0.443 e. The minimum absolute atomic E-state index is 0.105. The summed E-state index contributed by atoms with van der Waals surface area (Å²) < 4.78 is 34.6. The lowest BCUT2D eigenvalue weighted by molar-refractivity contribution is 0.414. The Labute approximate surface area is 185 Å². The van der Waals surface area contributed by atoms with Gasteiger partial charge in [-0.25, -0.2) is 0 Å². The highest BCUT2D eigenvalue weighted by Crippen LogP contribution is 2.32. The summed E-state index contributed by atoms with van der Waals surface area (Å²) in [6.45, 7) is 4.90. The predicted octanol–water partition coefficient (Wildman–Crippen LogP) is 5.61. The van der Waals surface area contributed by atoms with E-state index in [1.807, 2.05) is 58.4 Å². The zero-order chi connectivity index (χ0) is 21.9. The van der Waals surface area contributed by atoms with Crippen LogP contribution in [0, 0.1) is 0 Å². The normalized spacial score (nSPS) is 11.7. The summed E-state index contributed by atoms with van der Waals surface area (Å²) in [4.78, 5) is 5.37. The highest BCUT2D eigenvalue weighted by molar-refractivity contribution is 9.10. The number of anilines is 1. The van der Waals surface area contributed by atoms with Crippen LogP contribution in [-0.2, 0) is 16.4 Å². The first-order valence-electron chi connectivity index (χ1n) is 9.79. The second kappa shape index (κ2) is 9.24. The van der Waals surface area contributed by atoms with Gasteiger partial charge in [-0.3, -0.25) is 4.72 Å². The van der Waals surface area contributed by atoms with Crippen molar-refractivity contribution in [3.63, 3.8) is 0 Å². The SMILES string of the molecule is CC.CN(C)CCc1c[nH]c2c(Br)cc(NS(=O)(=O)c3cc4ccccc4o3)cc12. The summed E-state index contributed by atoms with van der Waals surface area (Å²) in [6, 6.07) is 12.3. The Balaban J connectivity index is 0.00000124. The molecule has 4 rings (SSSR count). The van der Waals surface area contributed by atoms with Crippen molar-refractivity contribution in [1.82, 2.24) is 9.88 Å². The van der Waals surface area contributed by atoms with Crippen LogP contribution in [0.5, 0.6) is 0 Å². The summed E-state index contributed by atoms with van der Waals surface area (Å²) in [5.41, 5.74) is 3.09. The first-order chi connectivity index (χ1) is 14.3. The number of halogens is 1. The van der Waals surface area contributed by atoms with Gasteiger partial charge >= 0.3 is 0 Å². The van der Waals surface area contributed by atoms with Gasteiger partial charge in [-0.15, -0.1) is 0 Å². The molecule has 2 aromatic carbocycles. The third-order valence-corrected chi connectivity index (χ3v) is 6.44. The fourth-order valence-corrected chi connectivity index (χ4v) is 4.73. The van der Waals surface area contributed by atoms with E-state index in [1.54, 1.807) is 12.1 Å². The Morgan fingerprint density at radius 1 is 1.13 bits per heavy atom. The Kier molecular flexibility index (Phi) is 6.90. The molecule has 8 heteroatoms. The van der Waals surface area contributed by atoms with Crippen molar-refractivity contribution < 1.29 is 12.8 Å². The number of fused-ring (bicyclic) bond motifs is 2. The first-order valence-corrected chi connectivity index (χ1v) is 12.1. The molecule has 0 amide bonds. The molecule has 0 aliphatic rings. The van der Waals surface area contributed by atoms with E-state index in [2.05, 4.69) is 30.5 Å². The van der Waals surface area contributed by atoms with E-state index in [1.165, 1.54) is 6.07 Å². The monoisotopic (exact) mass is 491 g/mol. The summed E-state index contributed by atoms with van der Waals surface area (Å²) in [6.07, 6.45) is 2.83. The van der Waals surface area contributed by atoms with Crippen molar-refractivity contribution in [1.29, 1.82) is 0 Å². The van der Waals surface area contributed by atoms with E-state index < -0.39 is 10.0 Å². The number of nitrogens with zero attached hydrogens (tertiary/aromatic N) is 1. The minimum Gasteiger partial charge on any atom is -0.443 e. The van der Waals surface area contributed by atoms with Crippen LogP contribution in [0.15, 0.2) is 62.6 Å². The quantitative estimate of drug-likeness (QED) is 0.367. The first kappa shape index (κ1) is 22.4. The number of para-hydroxylation sites is 1. The molecule has 160 valence electrons. The van der Waals surface area contributed by atoms with Crippen LogP contribution in [0.4, 0.5) is 5.69 Å². The fraction of sp³-hybridized carbons (Fsp3) is 0.273. The fourth-order valence-electron chi connectivity index (χ4n) is 3.15. The number of benzene rings is 2. The number of sulfonamides is 1. The molecule has 0 aliphatic carbocycles. The third kappa shape index (κ3) is 4.71. The average Bonchev–Trinajstić information content (AvgIpc) is 3.32. The molecule has 2 heterocycles. The van der Waals surface area contributed by atoms with E-state index >= 15 is 0 Å². The standard InChI is InChI=1S/C20H20BrN3O3S.C2H6/c1-24(2)8-7-14-12-22-20-16(14)10-15(11-17(20)21)23-28(25,26)19-9-13-5-3-4-6-18(13)27-19;1-2/h3-6,9-12,22-23H,7-8H2,1-2H3;1-2H3. The Hall–Kier alpha value is -2.29. The average molecular weight is 492 g/mol. The number of likely N-dealkylation sites (N-methyl/N-ethyl adjacent to an activating group) is 1. The van der Waals surface area contributed by atoms with Gasteiger partial charge in [-0.1, -0.05) is 32.0 Å². The van der Waals surface area contributed by atoms with Crippen LogP contribution in [-0.4, -0.2) is 38.9 Å². The Morgan fingerprint density at radius 3 is 2.57 bits per heavy atom. The van der Waals surface area contributed by atoms with Gasteiger partial charge in [0.2, 0.25) is 5.09 Å². The molecule has 4 aromatic rings. The number of hydrogen-bond acceptors (Lipinski definition) is 4. The molecule has 0 atom stereocenters. The molecule has 0 fully saturated rings. The van der Waals surface area contributed by atoms with Crippen LogP contribution in [0.25, 0.3) is 21.9 Å². The summed E-state index contributed by atoms with van der Waals surface area (Å²) in [7, 11) is 0.213. The molecule has 0 spiro atoms. The van der Waals surface area contributed by atoms with Crippen molar-refractivity contribution in [3.8, 4) is 0 Å². The van der Waals surface area contributed by atoms with E-state index in [9.17, 15) is 8.42 Å². The lowest BCUT2D eigenvalue weighted by Gasteiger charge is -2.10. The molecular weight excluding hydrogens is 466 g/mol. The van der Waals surface area contributed by atoms with Gasteiger partial charge in [0.15, 0.2) is 0 Å². The zero-order valence-electron chi connectivity index (χ0n) is 17.5. The molecule has 0 unspecified atom stereocenters. The van der Waals surface area contributed by atoms with Gasteiger partial charge in [0, 0.05) is 34.1 Å². The summed E-state index contributed by atoms with van der Waals surface area (Å²) in [5, 5.41) is 1.63. The van der Waals surface area contributed by atoms with E-state index in [0.717, 1.165) is 39.3 Å². The van der Waals surface area contributed by atoms with Crippen molar-refractivity contribution >= 4 is 53.5 Å². The molecule has 2 aromatic heterocycles. The van der Waals surface area contributed by atoms with Gasteiger partial charge in [-0.2, -0.15) is 8.42 Å². The predicted molar refractivity (Wildman–Crippen MR) is 127 cm³/mol. The molecule has 0 bridgehead atoms. The van der Waals surface area contributed by atoms with Gasteiger partial charge in [0.1, 0.15) is 5.58 Å². The van der Waals surface area contributed by atoms with Crippen LogP contribution < -0.4 is 4.72 Å². The number of furan rings is 1. The number of aromatic nitrogens is 1. The molecule has 6 nitrogen and oxygen atoms in total. The van der Waals surface area contributed by atoms with Crippen LogP contribution in [0.1, 0.15) is 19.4 Å². The molecule has 30 heavy (non-hydrogen) atoms. The van der Waals surface area contributed by atoms with Gasteiger partial charge in [0.05, 0.1) is 11.2 Å². The summed E-state index contributed by atoms with van der Waals surface area (Å²) >= 11 is 3.53. The Morgan fingerprint density at radius 2 is 1.87 bits per heavy atom. The minimum atomic E-state index is -3.84. The topological polar surface area (TPSA) is 78.3 Å². The maximum Gasteiger partial charge on any atom is 0.295 e. The molecular formula is C22H26BrN3O3S. The van der Waals surface area contributed by atoms with Crippen LogP contribution in [0.3, 0.4) is 0 Å². The highest BCUT2D eigenvalue weighted by atomic mass is 79.9. The third-order valence-electron chi connectivity index (χ3n) is 4.58. The van der Waals surface area contributed by atoms with Crippen molar-refractivity contribution in [2.75, 3.05) is 25.4 Å². The lowest BCUT2D eigenvalue weighted by Crippen LogP contribution is -2.15. The number of rotatable bonds is 6.